The largest absolute Gasteiger partial charge is 0.496 e. The van der Waals surface area contributed by atoms with E-state index >= 15 is 0 Å². The highest BCUT2D eigenvalue weighted by Gasteiger charge is 2.16. The summed E-state index contributed by atoms with van der Waals surface area (Å²) in [6, 6.07) is 8.69. The molecule has 0 aliphatic carbocycles. The molecule has 2 aromatic carbocycles. The van der Waals surface area contributed by atoms with E-state index in [0.29, 0.717) is 34.3 Å². The fourth-order valence-corrected chi connectivity index (χ4v) is 2.84. The van der Waals surface area contributed by atoms with Gasteiger partial charge in [-0.15, -0.1) is 6.58 Å². The monoisotopic (exact) mass is 375 g/mol. The Bertz CT molecular complexity index is 805. The van der Waals surface area contributed by atoms with Crippen LogP contribution in [0, 0.1) is 0 Å². The molecule has 0 saturated heterocycles. The molecule has 5 nitrogen and oxygen atoms in total. The minimum Gasteiger partial charge on any atom is -0.496 e. The van der Waals surface area contributed by atoms with Crippen molar-refractivity contribution in [2.45, 2.75) is 13.0 Å². The topological polar surface area (TPSA) is 56.8 Å². The van der Waals surface area contributed by atoms with Gasteiger partial charge in [-0.05, 0) is 36.8 Å². The van der Waals surface area contributed by atoms with E-state index in [1.807, 2.05) is 0 Å². The summed E-state index contributed by atoms with van der Waals surface area (Å²) in [5.74, 6) is 1.52. The molecule has 0 heterocycles. The van der Waals surface area contributed by atoms with Crippen molar-refractivity contribution in [1.82, 2.24) is 5.32 Å². The van der Waals surface area contributed by atoms with Gasteiger partial charge in [0.2, 0.25) is 0 Å². The highest BCUT2D eigenvalue weighted by molar-refractivity contribution is 6.30. The molecule has 0 unspecified atom stereocenters. The number of nitrogens with one attached hydrogen (secondary N) is 1. The highest BCUT2D eigenvalue weighted by atomic mass is 35.5. The number of carbonyl (C=O) groups is 1. The zero-order valence-corrected chi connectivity index (χ0v) is 15.9. The smallest absolute Gasteiger partial charge is 0.251 e. The molecular weight excluding hydrogens is 354 g/mol. The number of ether oxygens (including phenoxy) is 3. The van der Waals surface area contributed by atoms with E-state index in [2.05, 4.69) is 11.9 Å². The lowest BCUT2D eigenvalue weighted by molar-refractivity contribution is 0.0950. The summed E-state index contributed by atoms with van der Waals surface area (Å²) in [4.78, 5) is 12.6. The van der Waals surface area contributed by atoms with E-state index in [9.17, 15) is 4.79 Å². The van der Waals surface area contributed by atoms with Crippen molar-refractivity contribution in [2.75, 3.05) is 21.3 Å². The van der Waals surface area contributed by atoms with E-state index < -0.39 is 0 Å². The number of allylic oxidation sites excluding steroid dienone is 1. The molecule has 0 bridgehead atoms. The first kappa shape index (κ1) is 19.7. The number of rotatable bonds is 8. The molecule has 2 rings (SSSR count). The molecule has 0 aliphatic heterocycles. The van der Waals surface area contributed by atoms with Gasteiger partial charge in [0.15, 0.2) is 11.5 Å². The Balaban J connectivity index is 2.25. The molecule has 6 heteroatoms. The molecule has 0 spiro atoms. The third kappa shape index (κ3) is 4.49. The standard InChI is InChI=1S/C20H22ClNO4/c1-5-6-13-9-14(11-18(25-3)19(13)26-4)20(23)22-12-15-10-16(21)7-8-17(15)24-2/h5,7-11H,1,6,12H2,2-4H3,(H,22,23). The Morgan fingerprint density at radius 3 is 2.42 bits per heavy atom. The molecule has 0 aliphatic rings. The van der Waals surface area contributed by atoms with E-state index in [1.165, 1.54) is 7.11 Å². The van der Waals surface area contributed by atoms with Crippen LogP contribution in [0.5, 0.6) is 17.2 Å². The van der Waals surface area contributed by atoms with Crippen LogP contribution in [0.4, 0.5) is 0 Å². The van der Waals surface area contributed by atoms with Crippen LogP contribution in [0.2, 0.25) is 5.02 Å². The van der Waals surface area contributed by atoms with Crippen LogP contribution >= 0.6 is 11.6 Å². The van der Waals surface area contributed by atoms with E-state index in [1.54, 1.807) is 50.6 Å². The fourth-order valence-electron chi connectivity index (χ4n) is 2.64. The van der Waals surface area contributed by atoms with E-state index in [0.717, 1.165) is 11.1 Å². The van der Waals surface area contributed by atoms with Crippen LogP contribution in [-0.4, -0.2) is 27.2 Å². The van der Waals surface area contributed by atoms with E-state index in [-0.39, 0.29) is 12.5 Å². The van der Waals surface area contributed by atoms with Gasteiger partial charge < -0.3 is 19.5 Å². The molecule has 0 aromatic heterocycles. The van der Waals surface area contributed by atoms with Gasteiger partial charge in [0, 0.05) is 28.3 Å². The van der Waals surface area contributed by atoms with Crippen LogP contribution in [-0.2, 0) is 13.0 Å². The second kappa shape index (κ2) is 9.15. The molecule has 1 N–H and O–H groups in total. The van der Waals surface area contributed by atoms with Crippen molar-refractivity contribution >= 4 is 17.5 Å². The van der Waals surface area contributed by atoms with Crippen molar-refractivity contribution in [3.05, 3.63) is 64.7 Å². The first-order chi connectivity index (χ1) is 12.5. The molecule has 138 valence electrons. The van der Waals surface area contributed by atoms with Crippen LogP contribution < -0.4 is 19.5 Å². The van der Waals surface area contributed by atoms with Gasteiger partial charge in [0.1, 0.15) is 5.75 Å². The number of halogens is 1. The number of methoxy groups -OCH3 is 3. The predicted octanol–water partition coefficient (Wildman–Crippen LogP) is 4.02. The van der Waals surface area contributed by atoms with Crippen molar-refractivity contribution in [3.63, 3.8) is 0 Å². The quantitative estimate of drug-likeness (QED) is 0.708. The lowest BCUT2D eigenvalue weighted by atomic mass is 10.0. The first-order valence-corrected chi connectivity index (χ1v) is 8.38. The molecule has 0 radical (unpaired) electrons. The van der Waals surface area contributed by atoms with Crippen molar-refractivity contribution in [1.29, 1.82) is 0 Å². The molecular formula is C20H22ClNO4. The molecule has 0 fully saturated rings. The maximum Gasteiger partial charge on any atom is 0.251 e. The maximum absolute atomic E-state index is 12.6. The summed E-state index contributed by atoms with van der Waals surface area (Å²) in [5, 5.41) is 3.45. The minimum absolute atomic E-state index is 0.238. The molecule has 0 atom stereocenters. The van der Waals surface area contributed by atoms with Crippen LogP contribution in [0.15, 0.2) is 43.0 Å². The zero-order chi connectivity index (χ0) is 19.1. The summed E-state index contributed by atoms with van der Waals surface area (Å²) in [7, 11) is 4.67. The second-order valence-corrected chi connectivity index (χ2v) is 5.94. The molecule has 2 aromatic rings. The summed E-state index contributed by atoms with van der Waals surface area (Å²) in [6.07, 6.45) is 2.30. The normalized spacial score (nSPS) is 10.2. The van der Waals surface area contributed by atoms with Crippen LogP contribution in [0.25, 0.3) is 0 Å². The SMILES string of the molecule is C=CCc1cc(C(=O)NCc2cc(Cl)ccc2OC)cc(OC)c1OC. The zero-order valence-electron chi connectivity index (χ0n) is 15.1. The second-order valence-electron chi connectivity index (χ2n) is 5.50. The van der Waals surface area contributed by atoms with Gasteiger partial charge in [-0.3, -0.25) is 4.79 Å². The van der Waals surface area contributed by atoms with Gasteiger partial charge >= 0.3 is 0 Å². The minimum atomic E-state index is -0.238. The fraction of sp³-hybridized carbons (Fsp3) is 0.250. The number of carbonyl (C=O) groups excluding carboxylic acids is 1. The van der Waals surface area contributed by atoms with Gasteiger partial charge in [-0.1, -0.05) is 17.7 Å². The molecule has 0 saturated carbocycles. The van der Waals surface area contributed by atoms with Crippen LogP contribution in [0.1, 0.15) is 21.5 Å². The number of hydrogen-bond acceptors (Lipinski definition) is 4. The number of amides is 1. The van der Waals surface area contributed by atoms with Crippen LogP contribution in [0.3, 0.4) is 0 Å². The van der Waals surface area contributed by atoms with Gasteiger partial charge in [0.05, 0.1) is 21.3 Å². The third-order valence-corrected chi connectivity index (χ3v) is 4.10. The lowest BCUT2D eigenvalue weighted by Gasteiger charge is -2.15. The molecule has 1 amide bonds. The van der Waals surface area contributed by atoms with Crippen molar-refractivity contribution in [2.24, 2.45) is 0 Å². The Kier molecular flexibility index (Phi) is 6.92. The Morgan fingerprint density at radius 2 is 1.81 bits per heavy atom. The average Bonchev–Trinajstić information content (AvgIpc) is 2.65. The van der Waals surface area contributed by atoms with Crippen molar-refractivity contribution in [3.8, 4) is 17.2 Å². The highest BCUT2D eigenvalue weighted by Crippen LogP contribution is 2.33. The summed E-state index contributed by atoms with van der Waals surface area (Å²) < 4.78 is 16.0. The van der Waals surface area contributed by atoms with E-state index in [4.69, 9.17) is 25.8 Å². The summed E-state index contributed by atoms with van der Waals surface area (Å²) >= 11 is 6.03. The lowest BCUT2D eigenvalue weighted by Crippen LogP contribution is -2.23. The Labute approximate surface area is 158 Å². The van der Waals surface area contributed by atoms with Gasteiger partial charge in [-0.2, -0.15) is 0 Å². The van der Waals surface area contributed by atoms with Gasteiger partial charge in [0.25, 0.3) is 5.91 Å². The Hall–Kier alpha value is -2.66. The third-order valence-electron chi connectivity index (χ3n) is 3.86. The number of hydrogen-bond donors (Lipinski definition) is 1. The summed E-state index contributed by atoms with van der Waals surface area (Å²) in [6.45, 7) is 4.03. The van der Waals surface area contributed by atoms with Gasteiger partial charge in [-0.25, -0.2) is 0 Å². The van der Waals surface area contributed by atoms with Crippen molar-refractivity contribution < 1.29 is 19.0 Å². The number of benzene rings is 2. The predicted molar refractivity (Wildman–Crippen MR) is 103 cm³/mol. The Morgan fingerprint density at radius 1 is 1.08 bits per heavy atom. The first-order valence-electron chi connectivity index (χ1n) is 8.00. The average molecular weight is 376 g/mol. The summed E-state index contributed by atoms with van der Waals surface area (Å²) in [5.41, 5.74) is 2.09. The maximum atomic E-state index is 12.6. The molecule has 26 heavy (non-hydrogen) atoms.